The molecule has 0 spiro atoms. The van der Waals surface area contributed by atoms with Crippen molar-refractivity contribution >= 4 is 16.9 Å². The lowest BCUT2D eigenvalue weighted by Crippen LogP contribution is -2.34. The van der Waals surface area contributed by atoms with E-state index in [4.69, 9.17) is 0 Å². The molecule has 1 heterocycles. The molecule has 0 aliphatic rings. The van der Waals surface area contributed by atoms with Crippen LogP contribution in [0.3, 0.4) is 0 Å². The van der Waals surface area contributed by atoms with Crippen molar-refractivity contribution in [1.82, 2.24) is 9.97 Å². The highest BCUT2D eigenvalue weighted by Crippen LogP contribution is 2.17. The van der Waals surface area contributed by atoms with Crippen LogP contribution in [0, 0.1) is 5.92 Å². The second kappa shape index (κ2) is 6.26. The molecule has 1 aromatic carbocycles. The van der Waals surface area contributed by atoms with E-state index >= 15 is 0 Å². The van der Waals surface area contributed by atoms with E-state index in [-0.39, 0.29) is 5.56 Å². The number of fused-ring (bicyclic) bond motifs is 1. The number of benzene rings is 1. The summed E-state index contributed by atoms with van der Waals surface area (Å²) in [6.45, 7) is 6.40. The Morgan fingerprint density at radius 2 is 2.10 bits per heavy atom. The molecule has 2 aromatic rings. The second-order valence-corrected chi connectivity index (χ2v) is 6.21. The van der Waals surface area contributed by atoms with Crippen molar-refractivity contribution in [3.63, 3.8) is 0 Å². The van der Waals surface area contributed by atoms with Crippen molar-refractivity contribution in [2.24, 2.45) is 5.92 Å². The van der Waals surface area contributed by atoms with Crippen LogP contribution in [0.1, 0.15) is 33.6 Å². The summed E-state index contributed by atoms with van der Waals surface area (Å²) in [4.78, 5) is 19.0. The van der Waals surface area contributed by atoms with Gasteiger partial charge in [0.15, 0.2) is 0 Å². The summed E-state index contributed by atoms with van der Waals surface area (Å²) < 4.78 is 0. The van der Waals surface area contributed by atoms with Gasteiger partial charge in [-0.2, -0.15) is 0 Å². The van der Waals surface area contributed by atoms with Crippen LogP contribution in [0.25, 0.3) is 10.9 Å². The molecule has 0 unspecified atom stereocenters. The minimum absolute atomic E-state index is 0.176. The van der Waals surface area contributed by atoms with Gasteiger partial charge in [0.1, 0.15) is 0 Å². The molecule has 0 saturated carbocycles. The second-order valence-electron chi connectivity index (χ2n) is 6.21. The molecule has 114 valence electrons. The van der Waals surface area contributed by atoms with Gasteiger partial charge in [0.2, 0.25) is 5.95 Å². The van der Waals surface area contributed by atoms with Gasteiger partial charge in [0, 0.05) is 6.54 Å². The number of rotatable bonds is 6. The summed E-state index contributed by atoms with van der Waals surface area (Å²) in [6.07, 6.45) is 1.66. The number of nitrogens with zero attached hydrogens (tertiary/aromatic N) is 1. The van der Waals surface area contributed by atoms with Gasteiger partial charge in [-0.1, -0.05) is 26.0 Å². The first-order chi connectivity index (χ1) is 9.87. The average molecular weight is 289 g/mol. The number of aliphatic hydroxyl groups is 1. The van der Waals surface area contributed by atoms with Gasteiger partial charge >= 0.3 is 0 Å². The Hall–Kier alpha value is -1.88. The van der Waals surface area contributed by atoms with E-state index in [0.29, 0.717) is 35.7 Å². The molecule has 0 amide bonds. The van der Waals surface area contributed by atoms with Gasteiger partial charge in [-0.25, -0.2) is 4.98 Å². The van der Waals surface area contributed by atoms with Gasteiger partial charge in [0.05, 0.1) is 16.5 Å². The average Bonchev–Trinajstić information content (AvgIpc) is 2.43. The highest BCUT2D eigenvalue weighted by atomic mass is 16.3. The number of nitrogens with one attached hydrogen (secondary N) is 2. The molecule has 5 heteroatoms. The topological polar surface area (TPSA) is 78.0 Å². The molecule has 0 aliphatic carbocycles. The van der Waals surface area contributed by atoms with Gasteiger partial charge in [-0.3, -0.25) is 9.78 Å². The zero-order chi connectivity index (χ0) is 15.5. The van der Waals surface area contributed by atoms with Crippen molar-refractivity contribution in [2.75, 3.05) is 11.9 Å². The maximum absolute atomic E-state index is 11.9. The van der Waals surface area contributed by atoms with Crippen LogP contribution in [0.15, 0.2) is 29.1 Å². The van der Waals surface area contributed by atoms with E-state index in [9.17, 15) is 9.90 Å². The maximum Gasteiger partial charge on any atom is 0.260 e. The molecular weight excluding hydrogens is 266 g/mol. The molecule has 1 aromatic heterocycles. The molecule has 0 aliphatic heterocycles. The zero-order valence-electron chi connectivity index (χ0n) is 12.8. The molecule has 3 N–H and O–H groups in total. The molecular formula is C16H23N3O2. The lowest BCUT2D eigenvalue weighted by atomic mass is 9.95. The summed E-state index contributed by atoms with van der Waals surface area (Å²) in [7, 11) is 0. The van der Waals surface area contributed by atoms with E-state index in [1.165, 1.54) is 0 Å². The molecule has 0 radical (unpaired) electrons. The number of aromatic amines is 1. The molecule has 1 atom stereocenters. The van der Waals surface area contributed by atoms with E-state index < -0.39 is 5.60 Å². The summed E-state index contributed by atoms with van der Waals surface area (Å²) in [6, 6.07) is 7.19. The molecule has 5 nitrogen and oxygen atoms in total. The Morgan fingerprint density at radius 1 is 1.38 bits per heavy atom. The molecule has 0 saturated heterocycles. The lowest BCUT2D eigenvalue weighted by molar-refractivity contribution is 0.0584. The Kier molecular flexibility index (Phi) is 4.63. The Morgan fingerprint density at radius 3 is 2.81 bits per heavy atom. The lowest BCUT2D eigenvalue weighted by Gasteiger charge is -2.24. The first kappa shape index (κ1) is 15.5. The third kappa shape index (κ3) is 4.29. The monoisotopic (exact) mass is 289 g/mol. The van der Waals surface area contributed by atoms with E-state index in [2.05, 4.69) is 29.1 Å². The van der Waals surface area contributed by atoms with Gasteiger partial charge < -0.3 is 10.4 Å². The number of anilines is 1. The number of hydrogen-bond acceptors (Lipinski definition) is 4. The van der Waals surface area contributed by atoms with Crippen molar-refractivity contribution in [2.45, 2.75) is 39.2 Å². The van der Waals surface area contributed by atoms with Gasteiger partial charge in [0.25, 0.3) is 5.56 Å². The largest absolute Gasteiger partial charge is 0.388 e. The fraction of sp³-hybridized carbons (Fsp3) is 0.500. The summed E-state index contributed by atoms with van der Waals surface area (Å²) in [5.41, 5.74) is -0.357. The number of aromatic nitrogens is 2. The van der Waals surface area contributed by atoms with Crippen LogP contribution in [-0.2, 0) is 0 Å². The molecule has 0 bridgehead atoms. The predicted octanol–water partition coefficient (Wildman–Crippen LogP) is 2.52. The van der Waals surface area contributed by atoms with E-state index in [0.717, 1.165) is 6.42 Å². The minimum atomic E-state index is -0.825. The number of hydrogen-bond donors (Lipinski definition) is 3. The van der Waals surface area contributed by atoms with Gasteiger partial charge in [-0.05, 0) is 37.8 Å². The smallest absolute Gasteiger partial charge is 0.260 e. The SMILES string of the molecule is CC(C)CC[C@@](C)(O)CNc1nc2ccccc2c(=O)[nH]1. The van der Waals surface area contributed by atoms with Crippen LogP contribution in [0.4, 0.5) is 5.95 Å². The fourth-order valence-corrected chi connectivity index (χ4v) is 2.13. The van der Waals surface area contributed by atoms with Crippen molar-refractivity contribution in [3.05, 3.63) is 34.6 Å². The minimum Gasteiger partial charge on any atom is -0.388 e. The number of H-pyrrole nitrogens is 1. The molecule has 2 rings (SSSR count). The van der Waals surface area contributed by atoms with Gasteiger partial charge in [-0.15, -0.1) is 0 Å². The van der Waals surface area contributed by atoms with Crippen LogP contribution >= 0.6 is 0 Å². The first-order valence-electron chi connectivity index (χ1n) is 7.33. The third-order valence-corrected chi connectivity index (χ3v) is 3.51. The summed E-state index contributed by atoms with van der Waals surface area (Å²) in [5, 5.41) is 13.9. The van der Waals surface area contributed by atoms with Crippen molar-refractivity contribution < 1.29 is 5.11 Å². The van der Waals surface area contributed by atoms with Crippen LogP contribution in [0.2, 0.25) is 0 Å². The third-order valence-electron chi connectivity index (χ3n) is 3.51. The van der Waals surface area contributed by atoms with Crippen LogP contribution in [0.5, 0.6) is 0 Å². The Balaban J connectivity index is 2.08. The maximum atomic E-state index is 11.9. The first-order valence-corrected chi connectivity index (χ1v) is 7.33. The quantitative estimate of drug-likeness (QED) is 0.763. The van der Waals surface area contributed by atoms with Crippen LogP contribution < -0.4 is 10.9 Å². The zero-order valence-corrected chi connectivity index (χ0v) is 12.8. The van der Waals surface area contributed by atoms with Crippen molar-refractivity contribution in [3.8, 4) is 0 Å². The van der Waals surface area contributed by atoms with E-state index in [1.807, 2.05) is 12.1 Å². The van der Waals surface area contributed by atoms with Crippen LogP contribution in [-0.4, -0.2) is 27.2 Å². The highest BCUT2D eigenvalue weighted by molar-refractivity contribution is 5.78. The normalized spacial score (nSPS) is 14.3. The summed E-state index contributed by atoms with van der Waals surface area (Å²) >= 11 is 0. The molecule has 0 fully saturated rings. The molecule has 21 heavy (non-hydrogen) atoms. The predicted molar refractivity (Wildman–Crippen MR) is 85.5 cm³/mol. The summed E-state index contributed by atoms with van der Waals surface area (Å²) in [5.74, 6) is 0.943. The number of para-hydroxylation sites is 1. The Labute approximate surface area is 124 Å². The standard InChI is InChI=1S/C16H23N3O2/c1-11(2)8-9-16(3,21)10-17-15-18-13-7-5-4-6-12(13)14(20)19-15/h4-7,11,21H,8-10H2,1-3H3,(H2,17,18,19,20)/t16-/m1/s1. The van der Waals surface area contributed by atoms with E-state index in [1.54, 1.807) is 19.1 Å². The highest BCUT2D eigenvalue weighted by Gasteiger charge is 2.20. The fourth-order valence-electron chi connectivity index (χ4n) is 2.13. The Bertz CT molecular complexity index is 662. The van der Waals surface area contributed by atoms with Crippen molar-refractivity contribution in [1.29, 1.82) is 0 Å².